The van der Waals surface area contributed by atoms with Gasteiger partial charge in [-0.1, -0.05) is 0 Å². The van der Waals surface area contributed by atoms with Gasteiger partial charge < -0.3 is 4.85 Å². The summed E-state index contributed by atoms with van der Waals surface area (Å²) in [7, 11) is 0. The van der Waals surface area contributed by atoms with E-state index in [1.54, 1.807) is 0 Å². The van der Waals surface area contributed by atoms with Crippen LogP contribution in [0.4, 0.5) is 0 Å². The Hall–Kier alpha value is -1.30. The minimum absolute atomic E-state index is 0.422. The van der Waals surface area contributed by atoms with Gasteiger partial charge in [0, 0.05) is 6.20 Å². The first kappa shape index (κ1) is 8.31. The summed E-state index contributed by atoms with van der Waals surface area (Å²) in [5, 5.41) is 4.42. The number of aryl methyl sites for hydroxylation is 1. The maximum Gasteiger partial charge on any atom is 0.258 e. The van der Waals surface area contributed by atoms with E-state index in [-0.39, 0.29) is 0 Å². The molecule has 0 radical (unpaired) electrons. The summed E-state index contributed by atoms with van der Waals surface area (Å²) < 4.78 is 2.04. The first-order valence-corrected chi connectivity index (χ1v) is 4.69. The van der Waals surface area contributed by atoms with Crippen LogP contribution in [0.25, 0.3) is 4.85 Å². The van der Waals surface area contributed by atoms with E-state index in [0.29, 0.717) is 12.6 Å². The van der Waals surface area contributed by atoms with Crippen molar-refractivity contribution in [3.05, 3.63) is 28.9 Å². The Morgan fingerprint density at radius 3 is 3.00 bits per heavy atom. The molecule has 0 atom stereocenters. The van der Waals surface area contributed by atoms with Gasteiger partial charge in [-0.15, -0.1) is 0 Å². The van der Waals surface area contributed by atoms with Crippen LogP contribution in [0.15, 0.2) is 6.20 Å². The molecule has 0 aromatic carbocycles. The summed E-state index contributed by atoms with van der Waals surface area (Å²) in [6.07, 6.45) is 5.89. The molecule has 13 heavy (non-hydrogen) atoms. The van der Waals surface area contributed by atoms with E-state index in [4.69, 9.17) is 6.57 Å². The highest BCUT2D eigenvalue weighted by Crippen LogP contribution is 2.31. The van der Waals surface area contributed by atoms with Crippen molar-refractivity contribution in [1.29, 1.82) is 0 Å². The molecule has 0 spiro atoms. The van der Waals surface area contributed by atoms with Gasteiger partial charge in [0.1, 0.15) is 5.69 Å². The van der Waals surface area contributed by atoms with Crippen molar-refractivity contribution in [3.8, 4) is 0 Å². The molecule has 1 aromatic rings. The zero-order valence-corrected chi connectivity index (χ0v) is 7.82. The highest BCUT2D eigenvalue weighted by Gasteiger charge is 2.21. The molecule has 3 heteroatoms. The van der Waals surface area contributed by atoms with Crippen molar-refractivity contribution in [1.82, 2.24) is 9.78 Å². The molecule has 0 N–H and O–H groups in total. The highest BCUT2D eigenvalue weighted by atomic mass is 15.3. The van der Waals surface area contributed by atoms with Crippen molar-refractivity contribution in [2.75, 3.05) is 0 Å². The third-order valence-electron chi connectivity index (χ3n) is 2.69. The minimum Gasteiger partial charge on any atom is -0.310 e. The van der Waals surface area contributed by atoms with Crippen molar-refractivity contribution < 1.29 is 0 Å². The molecule has 1 fully saturated rings. The summed E-state index contributed by atoms with van der Waals surface area (Å²) in [6.45, 7) is 9.24. The molecule has 68 valence electrons. The Morgan fingerprint density at radius 1 is 1.69 bits per heavy atom. The molecule has 0 unspecified atom stereocenters. The maximum absolute atomic E-state index is 6.79. The number of hydrogen-bond acceptors (Lipinski definition) is 1. The lowest BCUT2D eigenvalue weighted by atomic mass is 9.93. The first-order chi connectivity index (χ1) is 6.31. The van der Waals surface area contributed by atoms with Crippen molar-refractivity contribution >= 4 is 0 Å². The van der Waals surface area contributed by atoms with E-state index in [0.717, 1.165) is 11.3 Å². The van der Waals surface area contributed by atoms with Gasteiger partial charge >= 0.3 is 0 Å². The van der Waals surface area contributed by atoms with Crippen molar-refractivity contribution in [3.63, 3.8) is 0 Å². The van der Waals surface area contributed by atoms with Crippen LogP contribution in [0, 0.1) is 13.5 Å². The van der Waals surface area contributed by atoms with Crippen LogP contribution in [0.5, 0.6) is 0 Å². The average Bonchev–Trinajstić information content (AvgIpc) is 2.30. The zero-order chi connectivity index (χ0) is 9.26. The Balaban J connectivity index is 2.19. The molecule has 3 nitrogen and oxygen atoms in total. The Morgan fingerprint density at radius 2 is 2.46 bits per heavy atom. The lowest BCUT2D eigenvalue weighted by Gasteiger charge is -2.25. The van der Waals surface area contributed by atoms with Crippen LogP contribution in [0.1, 0.15) is 36.6 Å². The zero-order valence-electron chi connectivity index (χ0n) is 7.82. The van der Waals surface area contributed by atoms with Crippen LogP contribution in [-0.2, 0) is 6.54 Å². The molecule has 0 aliphatic heterocycles. The van der Waals surface area contributed by atoms with Crippen LogP contribution in [0.2, 0.25) is 0 Å². The lowest BCUT2D eigenvalue weighted by molar-refractivity contribution is 0.288. The van der Waals surface area contributed by atoms with E-state index >= 15 is 0 Å². The van der Waals surface area contributed by atoms with Gasteiger partial charge in [0.25, 0.3) is 6.54 Å². The third-order valence-corrected chi connectivity index (χ3v) is 2.69. The van der Waals surface area contributed by atoms with Gasteiger partial charge in [0.2, 0.25) is 0 Å². The number of nitrogens with zero attached hydrogens (tertiary/aromatic N) is 3. The van der Waals surface area contributed by atoms with E-state index in [1.807, 2.05) is 11.6 Å². The van der Waals surface area contributed by atoms with Gasteiger partial charge in [0.05, 0.1) is 6.04 Å². The van der Waals surface area contributed by atoms with E-state index < -0.39 is 0 Å². The largest absolute Gasteiger partial charge is 0.310 e. The highest BCUT2D eigenvalue weighted by molar-refractivity contribution is 5.16. The smallest absolute Gasteiger partial charge is 0.258 e. The number of aromatic nitrogens is 2. The Bertz CT molecular complexity index is 342. The molecule has 1 aromatic heterocycles. The predicted molar refractivity (Wildman–Crippen MR) is 50.2 cm³/mol. The van der Waals surface area contributed by atoms with E-state index in [2.05, 4.69) is 16.1 Å². The summed E-state index contributed by atoms with van der Waals surface area (Å²) in [5.74, 6) is 0. The monoisotopic (exact) mass is 175 g/mol. The summed E-state index contributed by atoms with van der Waals surface area (Å²) in [5.41, 5.74) is 2.10. The van der Waals surface area contributed by atoms with E-state index in [1.165, 1.54) is 19.3 Å². The molecular formula is C10H13N3. The number of rotatable bonds is 2. The van der Waals surface area contributed by atoms with Gasteiger partial charge in [0.15, 0.2) is 0 Å². The van der Waals surface area contributed by atoms with Gasteiger partial charge in [-0.25, -0.2) is 6.57 Å². The lowest BCUT2D eigenvalue weighted by Crippen LogP contribution is -2.17. The third kappa shape index (κ3) is 1.44. The molecule has 1 aliphatic carbocycles. The molecule has 0 bridgehead atoms. The van der Waals surface area contributed by atoms with Gasteiger partial charge in [-0.05, 0) is 31.7 Å². The van der Waals surface area contributed by atoms with Gasteiger partial charge in [-0.3, -0.25) is 4.68 Å². The second-order valence-electron chi connectivity index (χ2n) is 3.64. The normalized spacial score (nSPS) is 16.6. The molecule has 0 amide bonds. The molecular weight excluding hydrogens is 162 g/mol. The van der Waals surface area contributed by atoms with E-state index in [9.17, 15) is 0 Å². The van der Waals surface area contributed by atoms with Crippen LogP contribution < -0.4 is 0 Å². The summed E-state index contributed by atoms with van der Waals surface area (Å²) in [4.78, 5) is 3.36. The molecule has 1 aliphatic rings. The topological polar surface area (TPSA) is 22.2 Å². The minimum atomic E-state index is 0.422. The SMILES string of the molecule is [C-]#[N+]Cc1nn(C2CCC2)cc1C. The fraction of sp³-hybridized carbons (Fsp3) is 0.600. The maximum atomic E-state index is 6.79. The second-order valence-corrected chi connectivity index (χ2v) is 3.64. The fourth-order valence-electron chi connectivity index (χ4n) is 1.59. The Kier molecular flexibility index (Phi) is 2.05. The molecule has 1 heterocycles. The predicted octanol–water partition coefficient (Wildman–Crippen LogP) is 2.34. The molecule has 0 saturated heterocycles. The summed E-state index contributed by atoms with van der Waals surface area (Å²) in [6, 6.07) is 0.609. The standard InChI is InChI=1S/C10H13N3/c1-8-7-13(9-4-3-5-9)12-10(8)6-11-2/h7,9H,3-6H2,1H3. The van der Waals surface area contributed by atoms with Crippen molar-refractivity contribution in [2.24, 2.45) is 0 Å². The second kappa shape index (κ2) is 3.21. The Labute approximate surface area is 78.2 Å². The molecule has 2 rings (SSSR count). The summed E-state index contributed by atoms with van der Waals surface area (Å²) >= 11 is 0. The average molecular weight is 175 g/mol. The van der Waals surface area contributed by atoms with Crippen LogP contribution >= 0.6 is 0 Å². The van der Waals surface area contributed by atoms with Crippen molar-refractivity contribution in [2.45, 2.75) is 38.8 Å². The number of hydrogen-bond donors (Lipinski definition) is 0. The van der Waals surface area contributed by atoms with Crippen LogP contribution in [0.3, 0.4) is 0 Å². The quantitative estimate of drug-likeness (QED) is 0.632. The van der Waals surface area contributed by atoms with Gasteiger partial charge in [-0.2, -0.15) is 5.10 Å². The van der Waals surface area contributed by atoms with Crippen LogP contribution in [-0.4, -0.2) is 9.78 Å². The molecule has 1 saturated carbocycles. The first-order valence-electron chi connectivity index (χ1n) is 4.69. The fourth-order valence-corrected chi connectivity index (χ4v) is 1.59.